The standard InChI is InChI=1S/C13H16O4.C11H24NO2.6CH4.ClH/c1-4-13(2,3)12(16)17-10-7-5-9(6-8-10)11(14)15;1-7-11(2,3)10(13)14-9-8-12(4,5)6;;;;;;;/h5-8H,4H2,1-3H3,(H,14,15);7-9H2,1-6H3;6*1H4;1H/q;+1;;;;;;;/p-1. The van der Waals surface area contributed by atoms with E-state index < -0.39 is 11.4 Å². The van der Waals surface area contributed by atoms with Crippen LogP contribution < -0.4 is 17.1 Å². The number of likely N-dealkylation sites (N-methyl/N-ethyl adjacent to an activating group) is 1. The van der Waals surface area contributed by atoms with Gasteiger partial charge in [0.25, 0.3) is 0 Å². The quantitative estimate of drug-likeness (QED) is 0.249. The van der Waals surface area contributed by atoms with Crippen molar-refractivity contribution in [3.05, 3.63) is 29.8 Å². The number of hydrogen-bond acceptors (Lipinski definition) is 5. The van der Waals surface area contributed by atoms with E-state index in [0.717, 1.165) is 17.4 Å². The van der Waals surface area contributed by atoms with Gasteiger partial charge in [0.2, 0.25) is 0 Å². The number of ether oxygens (including phenoxy) is 2. The lowest BCUT2D eigenvalue weighted by molar-refractivity contribution is -0.870. The summed E-state index contributed by atoms with van der Waals surface area (Å²) in [5.74, 6) is -1.05. The first kappa shape index (κ1) is 56.2. The van der Waals surface area contributed by atoms with E-state index in [2.05, 4.69) is 21.1 Å². The van der Waals surface area contributed by atoms with Gasteiger partial charge in [0.05, 0.1) is 37.5 Å². The fourth-order valence-corrected chi connectivity index (χ4v) is 1.81. The number of nitrogens with zero attached hydrogens (tertiary/aromatic N) is 1. The second-order valence-electron chi connectivity index (χ2n) is 9.84. The third-order valence-corrected chi connectivity index (χ3v) is 5.18. The number of carboxylic acids is 1. The molecule has 0 bridgehead atoms. The molecule has 1 aromatic carbocycles. The van der Waals surface area contributed by atoms with Gasteiger partial charge < -0.3 is 31.5 Å². The number of rotatable bonds is 9. The number of carbonyl (C=O) groups excluding carboxylic acids is 2. The summed E-state index contributed by atoms with van der Waals surface area (Å²) in [4.78, 5) is 33.9. The highest BCUT2D eigenvalue weighted by Gasteiger charge is 2.28. The van der Waals surface area contributed by atoms with E-state index in [1.54, 1.807) is 13.8 Å². The first-order valence-electron chi connectivity index (χ1n) is 10.6. The van der Waals surface area contributed by atoms with Crippen LogP contribution in [0.3, 0.4) is 0 Å². The summed E-state index contributed by atoms with van der Waals surface area (Å²) in [7, 11) is 6.25. The third kappa shape index (κ3) is 21.9. The van der Waals surface area contributed by atoms with Gasteiger partial charge in [-0.2, -0.15) is 0 Å². The zero-order chi connectivity index (χ0) is 24.5. The average Bonchev–Trinajstić information content (AvgIpc) is 2.67. The molecular formula is C30H64ClNO6. The second kappa shape index (κ2) is 24.0. The van der Waals surface area contributed by atoms with Crippen LogP contribution in [0.4, 0.5) is 0 Å². The zero-order valence-electron chi connectivity index (χ0n) is 21.0. The molecule has 38 heavy (non-hydrogen) atoms. The third-order valence-electron chi connectivity index (χ3n) is 5.18. The van der Waals surface area contributed by atoms with Crippen LogP contribution in [0.1, 0.15) is 109 Å². The van der Waals surface area contributed by atoms with Gasteiger partial charge in [-0.1, -0.05) is 58.4 Å². The van der Waals surface area contributed by atoms with Crippen molar-refractivity contribution >= 4 is 17.9 Å². The van der Waals surface area contributed by atoms with Gasteiger partial charge in [-0.3, -0.25) is 9.59 Å². The molecule has 0 fully saturated rings. The minimum absolute atomic E-state index is 0. The molecule has 8 heteroatoms. The minimum Gasteiger partial charge on any atom is -1.00 e. The minimum atomic E-state index is -1.00. The summed E-state index contributed by atoms with van der Waals surface area (Å²) in [6, 6.07) is 5.77. The Morgan fingerprint density at radius 2 is 1.13 bits per heavy atom. The molecule has 0 spiro atoms. The molecular weight excluding hydrogens is 506 g/mol. The van der Waals surface area contributed by atoms with Gasteiger partial charge in [0.1, 0.15) is 18.9 Å². The average molecular weight is 570 g/mol. The molecule has 1 aromatic rings. The lowest BCUT2D eigenvalue weighted by atomic mass is 9.91. The van der Waals surface area contributed by atoms with Crippen LogP contribution in [0.5, 0.6) is 5.75 Å². The number of carboxylic acid groups (broad SMARTS) is 1. The van der Waals surface area contributed by atoms with Crippen LogP contribution in [-0.4, -0.2) is 61.8 Å². The lowest BCUT2D eigenvalue weighted by Crippen LogP contribution is -3.00. The van der Waals surface area contributed by atoms with Crippen LogP contribution in [0.25, 0.3) is 0 Å². The normalized spacial score (nSPS) is 9.61. The number of quaternary nitrogens is 1. The molecule has 0 amide bonds. The van der Waals surface area contributed by atoms with E-state index in [1.807, 2.05) is 27.7 Å². The maximum Gasteiger partial charge on any atom is 0.335 e. The summed E-state index contributed by atoms with van der Waals surface area (Å²) in [5.41, 5.74) is -0.712. The van der Waals surface area contributed by atoms with Crippen LogP contribution in [-0.2, 0) is 14.3 Å². The van der Waals surface area contributed by atoms with Crippen LogP contribution >= 0.6 is 0 Å². The number of hydrogen-bond donors (Lipinski definition) is 1. The highest BCUT2D eigenvalue weighted by molar-refractivity contribution is 5.87. The molecule has 0 unspecified atom stereocenters. The van der Waals surface area contributed by atoms with E-state index in [9.17, 15) is 14.4 Å². The zero-order valence-corrected chi connectivity index (χ0v) is 21.7. The Bertz CT molecular complexity index is 738. The molecule has 0 saturated heterocycles. The molecule has 0 aliphatic heterocycles. The second-order valence-corrected chi connectivity index (χ2v) is 9.84. The molecule has 0 heterocycles. The van der Waals surface area contributed by atoms with E-state index in [-0.39, 0.29) is 79.9 Å². The molecule has 0 saturated carbocycles. The van der Waals surface area contributed by atoms with Crippen molar-refractivity contribution < 1.29 is 45.9 Å². The number of aromatic carboxylic acids is 1. The predicted molar refractivity (Wildman–Crippen MR) is 161 cm³/mol. The smallest absolute Gasteiger partial charge is 0.335 e. The van der Waals surface area contributed by atoms with Crippen molar-refractivity contribution in [3.8, 4) is 5.75 Å². The van der Waals surface area contributed by atoms with Crippen molar-refractivity contribution in [2.24, 2.45) is 10.8 Å². The SMILES string of the molecule is C.C.C.C.C.C.CCC(C)(C)C(=O)OCC[N+](C)(C)C.CCC(C)(C)C(=O)Oc1ccc(C(=O)O)cc1.[Cl-]. The van der Waals surface area contributed by atoms with Crippen molar-refractivity contribution in [3.63, 3.8) is 0 Å². The molecule has 0 aromatic heterocycles. The molecule has 1 rings (SSSR count). The van der Waals surface area contributed by atoms with Crippen molar-refractivity contribution in [2.75, 3.05) is 34.3 Å². The molecule has 232 valence electrons. The fourth-order valence-electron chi connectivity index (χ4n) is 1.81. The Hall–Kier alpha value is -2.12. The maximum atomic E-state index is 11.7. The van der Waals surface area contributed by atoms with E-state index in [0.29, 0.717) is 18.8 Å². The summed E-state index contributed by atoms with van der Waals surface area (Å²) < 4.78 is 11.2. The summed E-state index contributed by atoms with van der Waals surface area (Å²) in [5, 5.41) is 8.72. The molecule has 0 radical (unpaired) electrons. The molecule has 0 aliphatic rings. The van der Waals surface area contributed by atoms with E-state index in [1.165, 1.54) is 24.3 Å². The topological polar surface area (TPSA) is 89.9 Å². The van der Waals surface area contributed by atoms with Gasteiger partial charge in [-0.25, -0.2) is 4.79 Å². The lowest BCUT2D eigenvalue weighted by Gasteiger charge is -2.25. The van der Waals surface area contributed by atoms with Gasteiger partial charge in [0.15, 0.2) is 0 Å². The van der Waals surface area contributed by atoms with Crippen LogP contribution in [0.15, 0.2) is 24.3 Å². The fraction of sp³-hybridized carbons (Fsp3) is 0.700. The van der Waals surface area contributed by atoms with Crippen molar-refractivity contribution in [1.82, 2.24) is 0 Å². The Balaban J connectivity index is -0.0000000676. The first-order chi connectivity index (χ1) is 14.1. The Morgan fingerprint density at radius 1 is 0.763 bits per heavy atom. The van der Waals surface area contributed by atoms with Gasteiger partial charge in [-0.15, -0.1) is 0 Å². The van der Waals surface area contributed by atoms with E-state index >= 15 is 0 Å². The van der Waals surface area contributed by atoms with Crippen molar-refractivity contribution in [2.45, 2.75) is 98.9 Å². The molecule has 1 N–H and O–H groups in total. The van der Waals surface area contributed by atoms with Crippen molar-refractivity contribution in [1.29, 1.82) is 0 Å². The van der Waals surface area contributed by atoms with E-state index in [4.69, 9.17) is 14.6 Å². The number of esters is 2. The summed E-state index contributed by atoms with van der Waals surface area (Å²) >= 11 is 0. The molecule has 0 atom stereocenters. The Morgan fingerprint density at radius 3 is 1.45 bits per heavy atom. The number of carbonyl (C=O) groups is 3. The predicted octanol–water partition coefficient (Wildman–Crippen LogP) is 5.22. The number of halogens is 1. The van der Waals surface area contributed by atoms with Gasteiger partial charge >= 0.3 is 17.9 Å². The maximum absolute atomic E-state index is 11.7. The first-order valence-corrected chi connectivity index (χ1v) is 10.6. The van der Waals surface area contributed by atoms with Crippen LogP contribution in [0.2, 0.25) is 0 Å². The largest absolute Gasteiger partial charge is 1.00 e. The Labute approximate surface area is 243 Å². The monoisotopic (exact) mass is 569 g/mol. The Kier molecular flexibility index (Phi) is 35.4. The number of benzene rings is 1. The molecule has 7 nitrogen and oxygen atoms in total. The highest BCUT2D eigenvalue weighted by atomic mass is 35.5. The molecule has 0 aliphatic carbocycles. The van der Waals surface area contributed by atoms with Crippen LogP contribution in [0, 0.1) is 10.8 Å². The summed E-state index contributed by atoms with van der Waals surface area (Å²) in [6.07, 6.45) is 1.50. The van der Waals surface area contributed by atoms with Gasteiger partial charge in [-0.05, 0) is 64.8 Å². The highest BCUT2D eigenvalue weighted by Crippen LogP contribution is 2.24. The summed E-state index contributed by atoms with van der Waals surface area (Å²) in [6.45, 7) is 12.7. The van der Waals surface area contributed by atoms with Gasteiger partial charge in [0, 0.05) is 0 Å².